The van der Waals surface area contributed by atoms with Crippen LogP contribution >= 0.6 is 15.9 Å². The van der Waals surface area contributed by atoms with Crippen LogP contribution < -0.4 is 10.0 Å². The number of furan rings is 1. The van der Waals surface area contributed by atoms with Crippen molar-refractivity contribution in [2.75, 3.05) is 7.05 Å². The summed E-state index contributed by atoms with van der Waals surface area (Å²) in [6.07, 6.45) is 3.03. The van der Waals surface area contributed by atoms with Gasteiger partial charge in [-0.2, -0.15) is 0 Å². The van der Waals surface area contributed by atoms with Gasteiger partial charge in [-0.05, 0) is 43.3 Å². The predicted octanol–water partition coefficient (Wildman–Crippen LogP) is 2.55. The zero-order chi connectivity index (χ0) is 15.5. The SMILES string of the molecule is CNCc1cc(Br)c(C)c(S(=O)(=O)NCc2ccoc2)c1. The Hall–Kier alpha value is -1.15. The molecule has 5 nitrogen and oxygen atoms in total. The molecule has 0 aliphatic carbocycles. The van der Waals surface area contributed by atoms with Crippen molar-refractivity contribution in [3.63, 3.8) is 0 Å². The summed E-state index contributed by atoms with van der Waals surface area (Å²) in [5.74, 6) is 0. The maximum atomic E-state index is 12.5. The van der Waals surface area contributed by atoms with E-state index in [1.54, 1.807) is 19.1 Å². The summed E-state index contributed by atoms with van der Waals surface area (Å²) in [4.78, 5) is 0.283. The van der Waals surface area contributed by atoms with Gasteiger partial charge in [-0.15, -0.1) is 0 Å². The van der Waals surface area contributed by atoms with Gasteiger partial charge < -0.3 is 9.73 Å². The molecule has 2 aromatic rings. The Balaban J connectivity index is 2.30. The van der Waals surface area contributed by atoms with Crippen molar-refractivity contribution >= 4 is 26.0 Å². The quantitative estimate of drug-likeness (QED) is 0.817. The van der Waals surface area contributed by atoms with Crippen LogP contribution in [0.4, 0.5) is 0 Å². The van der Waals surface area contributed by atoms with E-state index >= 15 is 0 Å². The molecule has 1 aromatic carbocycles. The van der Waals surface area contributed by atoms with Crippen molar-refractivity contribution in [1.82, 2.24) is 10.0 Å². The number of hydrogen-bond donors (Lipinski definition) is 2. The van der Waals surface area contributed by atoms with Gasteiger partial charge in [0, 0.05) is 23.1 Å². The van der Waals surface area contributed by atoms with Gasteiger partial charge in [0.05, 0.1) is 17.4 Å². The van der Waals surface area contributed by atoms with Crippen molar-refractivity contribution in [1.29, 1.82) is 0 Å². The molecule has 0 aliphatic rings. The van der Waals surface area contributed by atoms with E-state index in [4.69, 9.17) is 4.42 Å². The van der Waals surface area contributed by atoms with Crippen molar-refractivity contribution in [2.24, 2.45) is 0 Å². The lowest BCUT2D eigenvalue weighted by Gasteiger charge is -2.12. The Labute approximate surface area is 132 Å². The van der Waals surface area contributed by atoms with E-state index in [1.807, 2.05) is 13.1 Å². The van der Waals surface area contributed by atoms with Gasteiger partial charge in [0.1, 0.15) is 0 Å². The van der Waals surface area contributed by atoms with E-state index in [2.05, 4.69) is 26.0 Å². The molecule has 0 atom stereocenters. The Kier molecular flexibility index (Phi) is 5.21. The van der Waals surface area contributed by atoms with Crippen LogP contribution in [-0.2, 0) is 23.1 Å². The van der Waals surface area contributed by atoms with E-state index in [-0.39, 0.29) is 11.4 Å². The average molecular weight is 373 g/mol. The third kappa shape index (κ3) is 3.94. The van der Waals surface area contributed by atoms with Gasteiger partial charge >= 0.3 is 0 Å². The Bertz CT molecular complexity index is 712. The summed E-state index contributed by atoms with van der Waals surface area (Å²) in [6, 6.07) is 5.33. The lowest BCUT2D eigenvalue weighted by Crippen LogP contribution is -2.24. The summed E-state index contributed by atoms with van der Waals surface area (Å²) < 4.78 is 33.2. The third-order valence-corrected chi connectivity index (χ3v) is 5.42. The topological polar surface area (TPSA) is 71.3 Å². The average Bonchev–Trinajstić information content (AvgIpc) is 2.94. The maximum Gasteiger partial charge on any atom is 0.241 e. The highest BCUT2D eigenvalue weighted by Crippen LogP contribution is 2.26. The highest BCUT2D eigenvalue weighted by molar-refractivity contribution is 9.10. The molecule has 1 heterocycles. The van der Waals surface area contributed by atoms with Crippen LogP contribution in [0.15, 0.2) is 44.5 Å². The minimum atomic E-state index is -3.58. The second-order valence-corrected chi connectivity index (χ2v) is 7.28. The molecule has 0 fully saturated rings. The van der Waals surface area contributed by atoms with Crippen LogP contribution in [0.5, 0.6) is 0 Å². The van der Waals surface area contributed by atoms with Crippen molar-refractivity contribution in [2.45, 2.75) is 24.9 Å². The molecule has 2 N–H and O–H groups in total. The normalized spacial score (nSPS) is 11.8. The Morgan fingerprint density at radius 2 is 2.00 bits per heavy atom. The summed E-state index contributed by atoms with van der Waals surface area (Å²) in [5, 5.41) is 3.02. The summed E-state index contributed by atoms with van der Waals surface area (Å²) >= 11 is 3.41. The molecular weight excluding hydrogens is 356 g/mol. The predicted molar refractivity (Wildman–Crippen MR) is 84.4 cm³/mol. The van der Waals surface area contributed by atoms with E-state index < -0.39 is 10.0 Å². The van der Waals surface area contributed by atoms with Crippen LogP contribution in [0.25, 0.3) is 0 Å². The van der Waals surface area contributed by atoms with Crippen molar-refractivity contribution in [3.8, 4) is 0 Å². The molecule has 0 saturated heterocycles. The lowest BCUT2D eigenvalue weighted by atomic mass is 10.1. The van der Waals surface area contributed by atoms with Crippen LogP contribution in [0.1, 0.15) is 16.7 Å². The van der Waals surface area contributed by atoms with Crippen LogP contribution in [0.2, 0.25) is 0 Å². The zero-order valence-corrected chi connectivity index (χ0v) is 14.2. The minimum Gasteiger partial charge on any atom is -0.472 e. The maximum absolute atomic E-state index is 12.5. The Morgan fingerprint density at radius 3 is 2.62 bits per heavy atom. The summed E-state index contributed by atoms with van der Waals surface area (Å²) in [6.45, 7) is 2.58. The van der Waals surface area contributed by atoms with Gasteiger partial charge in [0.2, 0.25) is 10.0 Å². The summed E-state index contributed by atoms with van der Waals surface area (Å²) in [5.41, 5.74) is 2.37. The fourth-order valence-electron chi connectivity index (χ4n) is 1.94. The fourth-order valence-corrected chi connectivity index (χ4v) is 3.91. The highest BCUT2D eigenvalue weighted by Gasteiger charge is 2.19. The van der Waals surface area contributed by atoms with E-state index in [1.165, 1.54) is 12.5 Å². The number of sulfonamides is 1. The molecule has 0 saturated carbocycles. The third-order valence-electron chi connectivity index (χ3n) is 3.07. The van der Waals surface area contributed by atoms with Gasteiger partial charge in [-0.25, -0.2) is 13.1 Å². The first-order valence-corrected chi connectivity index (χ1v) is 8.66. The first-order valence-electron chi connectivity index (χ1n) is 6.38. The molecule has 0 bridgehead atoms. The van der Waals surface area contributed by atoms with Gasteiger partial charge in [-0.1, -0.05) is 15.9 Å². The molecule has 21 heavy (non-hydrogen) atoms. The number of rotatable bonds is 6. The van der Waals surface area contributed by atoms with Crippen molar-refractivity contribution in [3.05, 3.63) is 51.9 Å². The lowest BCUT2D eigenvalue weighted by molar-refractivity contribution is 0.561. The standard InChI is InChI=1S/C14H17BrN2O3S/c1-10-13(15)5-12(7-16-2)6-14(10)21(18,19)17-8-11-3-4-20-9-11/h3-6,9,16-17H,7-8H2,1-2H3. The van der Waals surface area contributed by atoms with Crippen molar-refractivity contribution < 1.29 is 12.8 Å². The molecule has 2 rings (SSSR count). The molecule has 0 spiro atoms. The van der Waals surface area contributed by atoms with E-state index in [0.717, 1.165) is 15.6 Å². The number of halogens is 1. The second kappa shape index (κ2) is 6.74. The van der Waals surface area contributed by atoms with Crippen LogP contribution in [0.3, 0.4) is 0 Å². The molecule has 7 heteroatoms. The first-order chi connectivity index (χ1) is 9.94. The number of hydrogen-bond acceptors (Lipinski definition) is 4. The molecular formula is C14H17BrN2O3S. The largest absolute Gasteiger partial charge is 0.472 e. The molecule has 114 valence electrons. The fraction of sp³-hybridized carbons (Fsp3) is 0.286. The monoisotopic (exact) mass is 372 g/mol. The summed E-state index contributed by atoms with van der Waals surface area (Å²) in [7, 11) is -1.76. The highest BCUT2D eigenvalue weighted by atomic mass is 79.9. The van der Waals surface area contributed by atoms with Gasteiger partial charge in [0.15, 0.2) is 0 Å². The second-order valence-electron chi connectivity index (χ2n) is 4.69. The van der Waals surface area contributed by atoms with Gasteiger partial charge in [-0.3, -0.25) is 0 Å². The number of benzene rings is 1. The molecule has 0 radical (unpaired) electrons. The van der Waals surface area contributed by atoms with E-state index in [0.29, 0.717) is 12.1 Å². The zero-order valence-electron chi connectivity index (χ0n) is 11.8. The van der Waals surface area contributed by atoms with E-state index in [9.17, 15) is 8.42 Å². The molecule has 0 unspecified atom stereocenters. The molecule has 1 aromatic heterocycles. The van der Waals surface area contributed by atoms with Gasteiger partial charge in [0.25, 0.3) is 0 Å². The molecule has 0 amide bonds. The van der Waals surface area contributed by atoms with Crippen LogP contribution in [0, 0.1) is 6.92 Å². The van der Waals surface area contributed by atoms with Crippen LogP contribution in [-0.4, -0.2) is 15.5 Å². The number of nitrogens with one attached hydrogen (secondary N) is 2. The smallest absolute Gasteiger partial charge is 0.241 e. The minimum absolute atomic E-state index is 0.201. The Morgan fingerprint density at radius 1 is 1.24 bits per heavy atom. The first kappa shape index (κ1) is 16.2. The molecule has 0 aliphatic heterocycles.